The van der Waals surface area contributed by atoms with Crippen molar-refractivity contribution in [3.05, 3.63) is 59.2 Å². The fraction of sp³-hybridized carbons (Fsp3) is 0.235. The first kappa shape index (κ1) is 16.9. The van der Waals surface area contributed by atoms with Gasteiger partial charge in [0, 0.05) is 5.69 Å². The second kappa shape index (κ2) is 6.32. The molecule has 6 heteroatoms. The summed E-state index contributed by atoms with van der Waals surface area (Å²) in [7, 11) is 0. The van der Waals surface area contributed by atoms with E-state index in [0.717, 1.165) is 17.7 Å². The van der Waals surface area contributed by atoms with Gasteiger partial charge in [-0.2, -0.15) is 13.2 Å². The summed E-state index contributed by atoms with van der Waals surface area (Å²) < 4.78 is 37.6. The van der Waals surface area contributed by atoms with Crippen LogP contribution in [0.2, 0.25) is 0 Å². The number of nitrogens with one attached hydrogen (secondary N) is 1. The van der Waals surface area contributed by atoms with Crippen molar-refractivity contribution in [3.8, 4) is 5.75 Å². The second-order valence-corrected chi connectivity index (χ2v) is 5.46. The molecule has 0 aliphatic carbocycles. The van der Waals surface area contributed by atoms with E-state index in [1.807, 2.05) is 26.0 Å². The van der Waals surface area contributed by atoms with Gasteiger partial charge in [0.25, 0.3) is 5.91 Å². The van der Waals surface area contributed by atoms with E-state index < -0.39 is 23.4 Å². The Morgan fingerprint density at radius 3 is 2.17 bits per heavy atom. The minimum Gasteiger partial charge on any atom is -0.507 e. The zero-order valence-electron chi connectivity index (χ0n) is 12.6. The van der Waals surface area contributed by atoms with Gasteiger partial charge in [0.05, 0.1) is 11.1 Å². The molecule has 2 N–H and O–H groups in total. The third-order valence-electron chi connectivity index (χ3n) is 3.40. The van der Waals surface area contributed by atoms with Crippen molar-refractivity contribution in [1.29, 1.82) is 0 Å². The highest BCUT2D eigenvalue weighted by Gasteiger charge is 2.31. The van der Waals surface area contributed by atoms with Crippen molar-refractivity contribution in [2.45, 2.75) is 25.9 Å². The summed E-state index contributed by atoms with van der Waals surface area (Å²) >= 11 is 0. The number of anilines is 1. The van der Waals surface area contributed by atoms with E-state index in [-0.39, 0.29) is 5.56 Å². The van der Waals surface area contributed by atoms with Gasteiger partial charge in [-0.3, -0.25) is 4.79 Å². The lowest BCUT2D eigenvalue weighted by atomic mass is 10.0. The van der Waals surface area contributed by atoms with Crippen molar-refractivity contribution in [1.82, 2.24) is 0 Å². The molecular formula is C17H16F3NO2. The molecule has 3 nitrogen and oxygen atoms in total. The van der Waals surface area contributed by atoms with Gasteiger partial charge in [0.15, 0.2) is 0 Å². The molecule has 0 saturated carbocycles. The van der Waals surface area contributed by atoms with Gasteiger partial charge in [-0.25, -0.2) is 0 Å². The molecule has 1 amide bonds. The number of rotatable bonds is 3. The summed E-state index contributed by atoms with van der Waals surface area (Å²) in [5.74, 6) is -1.04. The van der Waals surface area contributed by atoms with Crippen molar-refractivity contribution in [2.24, 2.45) is 0 Å². The molecule has 0 unspecified atom stereocenters. The molecule has 2 rings (SSSR count). The standard InChI is InChI=1S/C17H16F3NO2/c1-10(2)11-3-6-13(7-4-11)21-16(23)14-8-5-12(9-15(14)22)17(18,19)20/h3-10,22H,1-2H3,(H,21,23). The molecule has 0 radical (unpaired) electrons. The van der Waals surface area contributed by atoms with Crippen LogP contribution in [0.3, 0.4) is 0 Å². The van der Waals surface area contributed by atoms with Crippen LogP contribution in [0.5, 0.6) is 5.75 Å². The van der Waals surface area contributed by atoms with E-state index in [1.54, 1.807) is 12.1 Å². The maximum Gasteiger partial charge on any atom is 0.416 e. The van der Waals surface area contributed by atoms with Gasteiger partial charge in [-0.1, -0.05) is 26.0 Å². The van der Waals surface area contributed by atoms with Crippen LogP contribution >= 0.6 is 0 Å². The maximum atomic E-state index is 12.5. The highest BCUT2D eigenvalue weighted by Crippen LogP contribution is 2.32. The number of hydrogen-bond donors (Lipinski definition) is 2. The third kappa shape index (κ3) is 4.03. The molecule has 0 aromatic heterocycles. The lowest BCUT2D eigenvalue weighted by Gasteiger charge is -2.11. The molecule has 0 aliphatic heterocycles. The number of amides is 1. The molecule has 23 heavy (non-hydrogen) atoms. The first-order valence-electron chi connectivity index (χ1n) is 7.00. The summed E-state index contributed by atoms with van der Waals surface area (Å²) in [6.07, 6.45) is -4.57. The van der Waals surface area contributed by atoms with Crippen LogP contribution in [-0.2, 0) is 6.18 Å². The van der Waals surface area contributed by atoms with E-state index >= 15 is 0 Å². The van der Waals surface area contributed by atoms with Crippen molar-refractivity contribution in [3.63, 3.8) is 0 Å². The van der Waals surface area contributed by atoms with Crippen LogP contribution in [-0.4, -0.2) is 11.0 Å². The molecule has 0 bridgehead atoms. The van der Waals surface area contributed by atoms with Gasteiger partial charge in [-0.05, 0) is 41.8 Å². The van der Waals surface area contributed by atoms with Crippen molar-refractivity contribution < 1.29 is 23.1 Å². The first-order valence-corrected chi connectivity index (χ1v) is 7.00. The Labute approximate surface area is 131 Å². The van der Waals surface area contributed by atoms with Crippen molar-refractivity contribution in [2.75, 3.05) is 5.32 Å². The normalized spacial score (nSPS) is 11.6. The summed E-state index contributed by atoms with van der Waals surface area (Å²) in [4.78, 5) is 12.1. The fourth-order valence-corrected chi connectivity index (χ4v) is 2.05. The zero-order valence-corrected chi connectivity index (χ0v) is 12.6. The molecule has 2 aromatic carbocycles. The van der Waals surface area contributed by atoms with E-state index in [1.165, 1.54) is 0 Å². The van der Waals surface area contributed by atoms with Crippen LogP contribution in [0.15, 0.2) is 42.5 Å². The predicted octanol–water partition coefficient (Wildman–Crippen LogP) is 4.79. The smallest absolute Gasteiger partial charge is 0.416 e. The van der Waals surface area contributed by atoms with Gasteiger partial charge >= 0.3 is 6.18 Å². The number of carbonyl (C=O) groups is 1. The second-order valence-electron chi connectivity index (χ2n) is 5.46. The summed E-state index contributed by atoms with van der Waals surface area (Å²) in [5, 5.41) is 12.2. The lowest BCUT2D eigenvalue weighted by Crippen LogP contribution is -2.13. The van der Waals surface area contributed by atoms with Crippen LogP contribution in [0.25, 0.3) is 0 Å². The van der Waals surface area contributed by atoms with E-state index in [4.69, 9.17) is 0 Å². The Balaban J connectivity index is 2.17. The third-order valence-corrected chi connectivity index (χ3v) is 3.40. The number of carbonyl (C=O) groups excluding carboxylic acids is 1. The number of aromatic hydroxyl groups is 1. The Hall–Kier alpha value is -2.50. The van der Waals surface area contributed by atoms with Crippen LogP contribution in [0, 0.1) is 0 Å². The number of benzene rings is 2. The summed E-state index contributed by atoms with van der Waals surface area (Å²) in [6, 6.07) is 9.37. The Kier molecular flexibility index (Phi) is 4.63. The average molecular weight is 323 g/mol. The van der Waals surface area contributed by atoms with Crippen LogP contribution in [0.4, 0.5) is 18.9 Å². The molecule has 0 heterocycles. The number of hydrogen-bond acceptors (Lipinski definition) is 2. The molecule has 0 atom stereocenters. The first-order chi connectivity index (χ1) is 10.7. The number of alkyl halides is 3. The Morgan fingerprint density at radius 1 is 1.09 bits per heavy atom. The number of phenols is 1. The minimum absolute atomic E-state index is 0.217. The topological polar surface area (TPSA) is 49.3 Å². The SMILES string of the molecule is CC(C)c1ccc(NC(=O)c2ccc(C(F)(F)F)cc2O)cc1. The largest absolute Gasteiger partial charge is 0.507 e. The zero-order chi connectivity index (χ0) is 17.2. The van der Waals surface area contributed by atoms with E-state index in [9.17, 15) is 23.1 Å². The maximum absolute atomic E-state index is 12.5. The molecule has 0 aliphatic rings. The highest BCUT2D eigenvalue weighted by molar-refractivity contribution is 6.06. The molecule has 0 saturated heterocycles. The molecule has 2 aromatic rings. The Bertz CT molecular complexity index is 707. The number of halogens is 3. The summed E-state index contributed by atoms with van der Waals surface area (Å²) in [5.41, 5.74) is 0.373. The molecule has 0 spiro atoms. The van der Waals surface area contributed by atoms with Gasteiger partial charge in [-0.15, -0.1) is 0 Å². The van der Waals surface area contributed by atoms with Gasteiger partial charge < -0.3 is 10.4 Å². The molecule has 0 fully saturated rings. The lowest BCUT2D eigenvalue weighted by molar-refractivity contribution is -0.137. The summed E-state index contributed by atoms with van der Waals surface area (Å²) in [6.45, 7) is 4.07. The van der Waals surface area contributed by atoms with Crippen LogP contribution < -0.4 is 5.32 Å². The van der Waals surface area contributed by atoms with Crippen LogP contribution in [0.1, 0.15) is 41.3 Å². The predicted molar refractivity (Wildman–Crippen MR) is 81.6 cm³/mol. The van der Waals surface area contributed by atoms with Gasteiger partial charge in [0.2, 0.25) is 0 Å². The van der Waals surface area contributed by atoms with Gasteiger partial charge in [0.1, 0.15) is 5.75 Å². The Morgan fingerprint density at radius 2 is 1.70 bits per heavy atom. The quantitative estimate of drug-likeness (QED) is 0.853. The fourth-order valence-electron chi connectivity index (χ4n) is 2.05. The highest BCUT2D eigenvalue weighted by atomic mass is 19.4. The average Bonchev–Trinajstić information content (AvgIpc) is 2.46. The minimum atomic E-state index is -4.57. The molecule has 122 valence electrons. The van der Waals surface area contributed by atoms with E-state index in [0.29, 0.717) is 17.7 Å². The van der Waals surface area contributed by atoms with Crippen molar-refractivity contribution >= 4 is 11.6 Å². The monoisotopic (exact) mass is 323 g/mol. The van der Waals surface area contributed by atoms with E-state index in [2.05, 4.69) is 5.32 Å². The number of phenolic OH excluding ortho intramolecular Hbond substituents is 1. The molecular weight excluding hydrogens is 307 g/mol.